The van der Waals surface area contributed by atoms with Gasteiger partial charge in [-0.1, -0.05) is 19.8 Å². The third-order valence-electron chi connectivity index (χ3n) is 1.29. The van der Waals surface area contributed by atoms with E-state index >= 15 is 0 Å². The van der Waals surface area contributed by atoms with Gasteiger partial charge >= 0.3 is 21.7 Å². The van der Waals surface area contributed by atoms with Crippen LogP contribution in [0.25, 0.3) is 0 Å². The van der Waals surface area contributed by atoms with E-state index in [2.05, 4.69) is 25.2 Å². The maximum atomic E-state index is 3.26. The molecule has 0 unspecified atom stereocenters. The van der Waals surface area contributed by atoms with E-state index in [0.717, 1.165) is 6.42 Å². The Morgan fingerprint density at radius 1 is 1.45 bits per heavy atom. The third-order valence-corrected chi connectivity index (χ3v) is 1.29. The molecule has 3 heteroatoms. The van der Waals surface area contributed by atoms with E-state index in [0.29, 0.717) is 0 Å². The Morgan fingerprint density at radius 2 is 2.09 bits per heavy atom. The molecule has 11 heavy (non-hydrogen) atoms. The second-order valence-electron chi connectivity index (χ2n) is 2.06. The average molecular weight is 226 g/mol. The van der Waals surface area contributed by atoms with Crippen molar-refractivity contribution in [3.63, 3.8) is 0 Å². The zero-order valence-electron chi connectivity index (χ0n) is 6.53. The number of allylic oxidation sites excluding steroid dienone is 4. The summed E-state index contributed by atoms with van der Waals surface area (Å²) in [6.45, 7) is 2.20. The molecule has 0 fully saturated rings. The van der Waals surface area contributed by atoms with Crippen LogP contribution < -0.4 is 24.8 Å². The molecule has 0 saturated carbocycles. The second-order valence-corrected chi connectivity index (χ2v) is 2.06. The summed E-state index contributed by atoms with van der Waals surface area (Å²) in [7, 11) is 0. The minimum absolute atomic E-state index is 0. The Kier molecular flexibility index (Phi) is 17.4. The van der Waals surface area contributed by atoms with E-state index in [-0.39, 0.29) is 46.5 Å². The molecule has 0 aliphatic heterocycles. The molecule has 0 atom stereocenters. The number of hydrogen-bond donors (Lipinski definition) is 0. The molecule has 0 spiro atoms. The van der Waals surface area contributed by atoms with Gasteiger partial charge in [-0.15, -0.1) is 6.42 Å². The molecular formula is C8H11Cl2Ti. The van der Waals surface area contributed by atoms with Crippen LogP contribution in [0.5, 0.6) is 0 Å². The molecule has 1 rings (SSSR count). The molecule has 1 aliphatic rings. The maximum absolute atomic E-state index is 3.26. The van der Waals surface area contributed by atoms with E-state index in [1.165, 1.54) is 18.4 Å². The van der Waals surface area contributed by atoms with E-state index < -0.39 is 0 Å². The largest absolute Gasteiger partial charge is 3.00 e. The molecule has 61 valence electrons. The van der Waals surface area contributed by atoms with Crippen molar-refractivity contribution < 1.29 is 46.5 Å². The summed E-state index contributed by atoms with van der Waals surface area (Å²) in [5.41, 5.74) is 1.40. The van der Waals surface area contributed by atoms with Crippen LogP contribution in [0.2, 0.25) is 0 Å². The summed E-state index contributed by atoms with van der Waals surface area (Å²) >= 11 is 0. The quantitative estimate of drug-likeness (QED) is 0.338. The first-order valence-electron chi connectivity index (χ1n) is 3.19. The Hall–Kier alpha value is 0.774. The predicted octanol–water partition coefficient (Wildman–Crippen LogP) is -3.52. The van der Waals surface area contributed by atoms with Crippen LogP contribution in [0.1, 0.15) is 26.2 Å². The Labute approximate surface area is 96.2 Å². The van der Waals surface area contributed by atoms with E-state index in [1.807, 2.05) is 0 Å². The fourth-order valence-electron chi connectivity index (χ4n) is 0.891. The molecule has 0 aromatic rings. The average Bonchev–Trinajstić information content (AvgIpc) is 2.19. The summed E-state index contributed by atoms with van der Waals surface area (Å²) in [6, 6.07) is 0. The Bertz CT molecular complexity index is 130. The smallest absolute Gasteiger partial charge is 1.00 e. The standard InChI is InChI=1S/C8H11.2ClH.Ti/c1-2-5-8-6-3-4-7-8;;;/h3,6H,2,4-5H2,1H3;2*1H;/q-1;;;+3/p-2. The summed E-state index contributed by atoms with van der Waals surface area (Å²) in [4.78, 5) is 0. The molecule has 0 saturated heterocycles. The van der Waals surface area contributed by atoms with Crippen molar-refractivity contribution in [3.05, 3.63) is 23.8 Å². The number of rotatable bonds is 2. The van der Waals surface area contributed by atoms with Gasteiger partial charge in [-0.25, -0.2) is 11.6 Å². The molecular weight excluding hydrogens is 215 g/mol. The number of halogens is 2. The zero-order valence-corrected chi connectivity index (χ0v) is 9.61. The van der Waals surface area contributed by atoms with Crippen LogP contribution in [0.4, 0.5) is 0 Å². The van der Waals surface area contributed by atoms with Crippen molar-refractivity contribution in [1.29, 1.82) is 0 Å². The molecule has 1 radical (unpaired) electrons. The second kappa shape index (κ2) is 10.8. The van der Waals surface area contributed by atoms with Gasteiger partial charge in [-0.3, -0.25) is 6.08 Å². The molecule has 0 aromatic carbocycles. The Morgan fingerprint density at radius 3 is 2.45 bits per heavy atom. The molecule has 0 heterocycles. The van der Waals surface area contributed by atoms with Crippen molar-refractivity contribution in [2.24, 2.45) is 0 Å². The molecule has 0 nitrogen and oxygen atoms in total. The fourth-order valence-corrected chi connectivity index (χ4v) is 0.891. The van der Waals surface area contributed by atoms with Crippen molar-refractivity contribution in [3.8, 4) is 0 Å². The van der Waals surface area contributed by atoms with Crippen molar-refractivity contribution in [2.75, 3.05) is 0 Å². The van der Waals surface area contributed by atoms with Gasteiger partial charge in [0.2, 0.25) is 0 Å². The van der Waals surface area contributed by atoms with Crippen LogP contribution in [0, 0.1) is 6.08 Å². The van der Waals surface area contributed by atoms with E-state index in [9.17, 15) is 0 Å². The van der Waals surface area contributed by atoms with Gasteiger partial charge in [-0.05, 0) is 0 Å². The summed E-state index contributed by atoms with van der Waals surface area (Å²) in [5.74, 6) is 0. The van der Waals surface area contributed by atoms with E-state index in [1.54, 1.807) is 0 Å². The zero-order chi connectivity index (χ0) is 5.82. The van der Waals surface area contributed by atoms with Crippen molar-refractivity contribution in [1.82, 2.24) is 0 Å². The third kappa shape index (κ3) is 7.15. The minimum Gasteiger partial charge on any atom is -1.00 e. The SMILES string of the molecule is CCCC1=[C-]CC=C1.[Cl-].[Cl-].[Ti+3]. The fraction of sp³-hybridized carbons (Fsp3) is 0.500. The van der Waals surface area contributed by atoms with Crippen molar-refractivity contribution >= 4 is 0 Å². The number of hydrogen-bond acceptors (Lipinski definition) is 0. The van der Waals surface area contributed by atoms with Crippen LogP contribution in [0.15, 0.2) is 17.7 Å². The summed E-state index contributed by atoms with van der Waals surface area (Å²) < 4.78 is 0. The van der Waals surface area contributed by atoms with Crippen LogP contribution in [0.3, 0.4) is 0 Å². The van der Waals surface area contributed by atoms with Gasteiger partial charge in [0.05, 0.1) is 0 Å². The first-order chi connectivity index (χ1) is 3.93. The molecule has 0 N–H and O–H groups in total. The maximum Gasteiger partial charge on any atom is 3.00 e. The van der Waals surface area contributed by atoms with Gasteiger partial charge in [0.25, 0.3) is 0 Å². The summed E-state index contributed by atoms with van der Waals surface area (Å²) in [5, 5.41) is 0. The summed E-state index contributed by atoms with van der Waals surface area (Å²) in [6.07, 6.45) is 11.1. The minimum atomic E-state index is 0. The monoisotopic (exact) mass is 225 g/mol. The van der Waals surface area contributed by atoms with E-state index in [4.69, 9.17) is 0 Å². The molecule has 1 aliphatic carbocycles. The first kappa shape index (κ1) is 17.8. The van der Waals surface area contributed by atoms with Gasteiger partial charge in [0, 0.05) is 0 Å². The van der Waals surface area contributed by atoms with Gasteiger partial charge in [0.1, 0.15) is 0 Å². The first-order valence-corrected chi connectivity index (χ1v) is 3.19. The van der Waals surface area contributed by atoms with Crippen LogP contribution in [-0.2, 0) is 21.7 Å². The van der Waals surface area contributed by atoms with Crippen LogP contribution >= 0.6 is 0 Å². The topological polar surface area (TPSA) is 0 Å². The molecule has 0 aromatic heterocycles. The van der Waals surface area contributed by atoms with Gasteiger partial charge < -0.3 is 24.8 Å². The predicted molar refractivity (Wildman–Crippen MR) is 35.4 cm³/mol. The van der Waals surface area contributed by atoms with Gasteiger partial charge in [0.15, 0.2) is 0 Å². The van der Waals surface area contributed by atoms with Gasteiger partial charge in [-0.2, -0.15) is 6.08 Å². The van der Waals surface area contributed by atoms with Crippen molar-refractivity contribution in [2.45, 2.75) is 26.2 Å². The molecule has 0 amide bonds. The van der Waals surface area contributed by atoms with Crippen LogP contribution in [-0.4, -0.2) is 0 Å². The molecule has 0 bridgehead atoms. The Balaban J connectivity index is -0.000000213. The normalized spacial score (nSPS) is 12.3.